The minimum absolute atomic E-state index is 0.277. The lowest BCUT2D eigenvalue weighted by molar-refractivity contribution is 0.629. The standard InChI is InChI=1S/C14H11BrFN3S/c15-10-3-4-12(11(16)6-10)17-7-9-8-18-19-14(9)13-2-1-5-20-13/h1-6,8,17H,7H2,(H,18,19). The molecule has 0 radical (unpaired) electrons. The Morgan fingerprint density at radius 1 is 1.35 bits per heavy atom. The van der Waals surface area contributed by atoms with E-state index in [-0.39, 0.29) is 5.82 Å². The number of hydrogen-bond donors (Lipinski definition) is 2. The average molecular weight is 352 g/mol. The van der Waals surface area contributed by atoms with Crippen LogP contribution in [0.5, 0.6) is 0 Å². The highest BCUT2D eigenvalue weighted by Crippen LogP contribution is 2.27. The Morgan fingerprint density at radius 3 is 3.00 bits per heavy atom. The number of aromatic amines is 1. The average Bonchev–Trinajstić information content (AvgIpc) is 3.08. The Hall–Kier alpha value is -1.66. The summed E-state index contributed by atoms with van der Waals surface area (Å²) in [6.45, 7) is 0.516. The molecule has 1 aromatic carbocycles. The maximum absolute atomic E-state index is 13.7. The van der Waals surface area contributed by atoms with Crippen LogP contribution >= 0.6 is 27.3 Å². The number of nitrogens with one attached hydrogen (secondary N) is 2. The van der Waals surface area contributed by atoms with E-state index in [1.807, 2.05) is 17.5 Å². The molecule has 3 aromatic rings. The van der Waals surface area contributed by atoms with Gasteiger partial charge in [-0.15, -0.1) is 11.3 Å². The molecule has 3 rings (SSSR count). The van der Waals surface area contributed by atoms with Crippen molar-refractivity contribution in [1.29, 1.82) is 0 Å². The van der Waals surface area contributed by atoms with Crippen molar-refractivity contribution in [3.05, 3.63) is 57.8 Å². The highest BCUT2D eigenvalue weighted by Gasteiger charge is 2.09. The van der Waals surface area contributed by atoms with Crippen molar-refractivity contribution in [2.24, 2.45) is 0 Å². The predicted molar refractivity (Wildman–Crippen MR) is 83.3 cm³/mol. The summed E-state index contributed by atoms with van der Waals surface area (Å²) in [5, 5.41) is 12.2. The van der Waals surface area contributed by atoms with Crippen molar-refractivity contribution in [2.45, 2.75) is 6.54 Å². The van der Waals surface area contributed by atoms with E-state index < -0.39 is 0 Å². The van der Waals surface area contributed by atoms with Crippen molar-refractivity contribution in [1.82, 2.24) is 10.2 Å². The normalized spacial score (nSPS) is 10.7. The van der Waals surface area contributed by atoms with E-state index in [9.17, 15) is 4.39 Å². The van der Waals surface area contributed by atoms with Gasteiger partial charge in [-0.3, -0.25) is 5.10 Å². The third kappa shape index (κ3) is 2.76. The molecule has 0 aliphatic heterocycles. The molecule has 3 nitrogen and oxygen atoms in total. The summed E-state index contributed by atoms with van der Waals surface area (Å²) in [4.78, 5) is 1.12. The fraction of sp³-hybridized carbons (Fsp3) is 0.0714. The summed E-state index contributed by atoms with van der Waals surface area (Å²) in [6, 6.07) is 8.98. The van der Waals surface area contributed by atoms with Crippen LogP contribution < -0.4 is 5.32 Å². The third-order valence-electron chi connectivity index (χ3n) is 2.89. The minimum Gasteiger partial charge on any atom is -0.378 e. The molecule has 2 N–H and O–H groups in total. The van der Waals surface area contributed by atoms with Crippen LogP contribution in [0.3, 0.4) is 0 Å². The second-order valence-corrected chi connectivity index (χ2v) is 6.09. The van der Waals surface area contributed by atoms with Gasteiger partial charge in [-0.2, -0.15) is 5.10 Å². The number of halogens is 2. The second-order valence-electron chi connectivity index (χ2n) is 4.23. The summed E-state index contributed by atoms with van der Waals surface area (Å²) in [5.41, 5.74) is 2.46. The molecule has 2 aromatic heterocycles. The number of H-pyrrole nitrogens is 1. The maximum Gasteiger partial charge on any atom is 0.147 e. The van der Waals surface area contributed by atoms with Gasteiger partial charge in [0, 0.05) is 16.6 Å². The molecule has 0 aliphatic rings. The molecule has 0 fully saturated rings. The number of anilines is 1. The van der Waals surface area contributed by atoms with E-state index >= 15 is 0 Å². The first kappa shape index (κ1) is 13.3. The molecule has 0 bridgehead atoms. The molecule has 0 unspecified atom stereocenters. The lowest BCUT2D eigenvalue weighted by atomic mass is 10.2. The zero-order valence-corrected chi connectivity index (χ0v) is 12.8. The molecule has 0 aliphatic carbocycles. The van der Waals surface area contributed by atoms with Crippen LogP contribution in [-0.2, 0) is 6.54 Å². The fourth-order valence-electron chi connectivity index (χ4n) is 1.90. The van der Waals surface area contributed by atoms with Gasteiger partial charge in [0.1, 0.15) is 5.82 Å². The number of thiophene rings is 1. The number of benzene rings is 1. The highest BCUT2D eigenvalue weighted by atomic mass is 79.9. The first-order valence-electron chi connectivity index (χ1n) is 5.99. The molecular formula is C14H11BrFN3S. The molecule has 0 saturated carbocycles. The van der Waals surface area contributed by atoms with E-state index in [1.54, 1.807) is 29.7 Å². The third-order valence-corrected chi connectivity index (χ3v) is 4.27. The SMILES string of the molecule is Fc1cc(Br)ccc1NCc1cn[nH]c1-c1cccs1. The van der Waals surface area contributed by atoms with Crippen molar-refractivity contribution >= 4 is 33.0 Å². The second kappa shape index (κ2) is 5.76. The number of aromatic nitrogens is 2. The summed E-state index contributed by atoms with van der Waals surface area (Å²) < 4.78 is 14.5. The van der Waals surface area contributed by atoms with Crippen LogP contribution in [0.25, 0.3) is 10.6 Å². The first-order chi connectivity index (χ1) is 9.74. The largest absolute Gasteiger partial charge is 0.378 e. The van der Waals surface area contributed by atoms with Crippen LogP contribution in [0.1, 0.15) is 5.56 Å². The Bertz CT molecular complexity index is 709. The van der Waals surface area contributed by atoms with E-state index in [0.717, 1.165) is 20.6 Å². The summed E-state index contributed by atoms with van der Waals surface area (Å²) in [5.74, 6) is -0.277. The van der Waals surface area contributed by atoms with Gasteiger partial charge < -0.3 is 5.32 Å². The van der Waals surface area contributed by atoms with Crippen LogP contribution in [0, 0.1) is 5.82 Å². The van der Waals surface area contributed by atoms with E-state index in [4.69, 9.17) is 0 Å². The molecule has 6 heteroatoms. The number of nitrogens with zero attached hydrogens (tertiary/aromatic N) is 1. The Labute approximate surface area is 128 Å². The van der Waals surface area contributed by atoms with Gasteiger partial charge in [-0.25, -0.2) is 4.39 Å². The Balaban J connectivity index is 1.78. The molecule has 0 spiro atoms. The Morgan fingerprint density at radius 2 is 2.25 bits per heavy atom. The van der Waals surface area contributed by atoms with Gasteiger partial charge in [-0.1, -0.05) is 22.0 Å². The summed E-state index contributed by atoms with van der Waals surface area (Å²) in [7, 11) is 0. The lowest BCUT2D eigenvalue weighted by Crippen LogP contribution is -2.01. The van der Waals surface area contributed by atoms with Crippen LogP contribution in [-0.4, -0.2) is 10.2 Å². The van der Waals surface area contributed by atoms with Gasteiger partial charge in [0.15, 0.2) is 0 Å². The molecular weight excluding hydrogens is 341 g/mol. The quantitative estimate of drug-likeness (QED) is 0.718. The first-order valence-corrected chi connectivity index (χ1v) is 7.66. The Kier molecular flexibility index (Phi) is 3.84. The maximum atomic E-state index is 13.7. The molecule has 0 amide bonds. The zero-order chi connectivity index (χ0) is 13.9. The van der Waals surface area contributed by atoms with Crippen molar-refractivity contribution in [2.75, 3.05) is 5.32 Å². The van der Waals surface area contributed by atoms with Crippen molar-refractivity contribution in [3.8, 4) is 10.6 Å². The van der Waals surface area contributed by atoms with E-state index in [0.29, 0.717) is 12.2 Å². The van der Waals surface area contributed by atoms with Gasteiger partial charge >= 0.3 is 0 Å². The van der Waals surface area contributed by atoms with Crippen LogP contribution in [0.4, 0.5) is 10.1 Å². The van der Waals surface area contributed by atoms with E-state index in [1.165, 1.54) is 6.07 Å². The highest BCUT2D eigenvalue weighted by molar-refractivity contribution is 9.10. The summed E-state index contributed by atoms with van der Waals surface area (Å²) in [6.07, 6.45) is 1.76. The zero-order valence-electron chi connectivity index (χ0n) is 10.4. The number of hydrogen-bond acceptors (Lipinski definition) is 3. The van der Waals surface area contributed by atoms with Crippen molar-refractivity contribution in [3.63, 3.8) is 0 Å². The van der Waals surface area contributed by atoms with E-state index in [2.05, 4.69) is 31.4 Å². The van der Waals surface area contributed by atoms with Gasteiger partial charge in [0.2, 0.25) is 0 Å². The molecule has 0 atom stereocenters. The van der Waals surface area contributed by atoms with Crippen LogP contribution in [0.2, 0.25) is 0 Å². The molecule has 102 valence electrons. The molecule has 0 saturated heterocycles. The lowest BCUT2D eigenvalue weighted by Gasteiger charge is -2.07. The van der Waals surface area contributed by atoms with Gasteiger partial charge in [-0.05, 0) is 29.6 Å². The van der Waals surface area contributed by atoms with Crippen LogP contribution in [0.15, 0.2) is 46.4 Å². The minimum atomic E-state index is -0.277. The smallest absolute Gasteiger partial charge is 0.147 e. The predicted octanol–water partition coefficient (Wildman–Crippen LogP) is 4.65. The topological polar surface area (TPSA) is 40.7 Å². The molecule has 20 heavy (non-hydrogen) atoms. The van der Waals surface area contributed by atoms with Crippen molar-refractivity contribution < 1.29 is 4.39 Å². The monoisotopic (exact) mass is 351 g/mol. The van der Waals surface area contributed by atoms with Gasteiger partial charge in [0.05, 0.1) is 22.5 Å². The van der Waals surface area contributed by atoms with Gasteiger partial charge in [0.25, 0.3) is 0 Å². The fourth-order valence-corrected chi connectivity index (χ4v) is 2.99. The molecule has 2 heterocycles. The number of rotatable bonds is 4. The summed E-state index contributed by atoms with van der Waals surface area (Å²) >= 11 is 4.88.